The van der Waals surface area contributed by atoms with E-state index in [9.17, 15) is 24.3 Å². The van der Waals surface area contributed by atoms with Crippen molar-refractivity contribution in [3.8, 4) is 0 Å². The lowest BCUT2D eigenvalue weighted by molar-refractivity contribution is -0.142. The lowest BCUT2D eigenvalue weighted by atomic mass is 10.0. The summed E-state index contributed by atoms with van der Waals surface area (Å²) in [4.78, 5) is 47.0. The van der Waals surface area contributed by atoms with Gasteiger partial charge in [0.2, 0.25) is 11.8 Å². The van der Waals surface area contributed by atoms with Crippen molar-refractivity contribution < 1.29 is 29.0 Å². The summed E-state index contributed by atoms with van der Waals surface area (Å²) in [5.41, 5.74) is 5.14. The molecule has 168 valence electrons. The molecule has 0 radical (unpaired) electrons. The van der Waals surface area contributed by atoms with Gasteiger partial charge in [0.25, 0.3) is 0 Å². The summed E-state index contributed by atoms with van der Waals surface area (Å²) >= 11 is 0. The van der Waals surface area contributed by atoms with Gasteiger partial charge < -0.3 is 31.5 Å². The number of carbonyl (C=O) groups excluding carboxylic acids is 3. The summed E-state index contributed by atoms with van der Waals surface area (Å²) in [5.74, 6) is -2.33. The molecule has 0 aromatic carbocycles. The molecule has 0 rings (SSSR count). The molecule has 3 amide bonds. The topological polar surface area (TPSA) is 160 Å². The first-order chi connectivity index (χ1) is 13.2. The van der Waals surface area contributed by atoms with Crippen LogP contribution in [0.5, 0.6) is 0 Å². The lowest BCUT2D eigenvalue weighted by Gasteiger charge is -2.21. The largest absolute Gasteiger partial charge is 0.480 e. The second kappa shape index (κ2) is 12.3. The van der Waals surface area contributed by atoms with Crippen molar-refractivity contribution in [3.63, 3.8) is 0 Å². The Labute approximate surface area is 172 Å². The van der Waals surface area contributed by atoms with E-state index in [1.54, 1.807) is 34.6 Å². The van der Waals surface area contributed by atoms with Gasteiger partial charge in [-0.05, 0) is 52.9 Å². The monoisotopic (exact) mass is 416 g/mol. The van der Waals surface area contributed by atoms with Gasteiger partial charge >= 0.3 is 12.1 Å². The molecule has 29 heavy (non-hydrogen) atoms. The SMILES string of the molecule is CC(C)[C@H](N)C(=O)N[C@@H](C)C(=O)N[C@@H](CCCCNC(=O)OC(C)(C)C)C(=O)O. The van der Waals surface area contributed by atoms with Gasteiger partial charge in [0.1, 0.15) is 17.7 Å². The van der Waals surface area contributed by atoms with Crippen LogP contribution >= 0.6 is 0 Å². The van der Waals surface area contributed by atoms with Gasteiger partial charge in [-0.2, -0.15) is 0 Å². The lowest BCUT2D eigenvalue weighted by Crippen LogP contribution is -2.54. The van der Waals surface area contributed by atoms with E-state index < -0.39 is 47.6 Å². The smallest absolute Gasteiger partial charge is 0.407 e. The van der Waals surface area contributed by atoms with Gasteiger partial charge in [-0.15, -0.1) is 0 Å². The van der Waals surface area contributed by atoms with Crippen LogP contribution in [-0.4, -0.2) is 59.3 Å². The Balaban J connectivity index is 4.37. The fourth-order valence-corrected chi connectivity index (χ4v) is 2.21. The van der Waals surface area contributed by atoms with Crippen LogP contribution in [0.1, 0.15) is 60.8 Å². The van der Waals surface area contributed by atoms with E-state index in [0.29, 0.717) is 19.4 Å². The molecule has 0 aliphatic rings. The molecule has 10 nitrogen and oxygen atoms in total. The number of carboxylic acids is 1. The van der Waals surface area contributed by atoms with Crippen molar-refractivity contribution in [2.24, 2.45) is 11.7 Å². The number of aliphatic carboxylic acids is 1. The summed E-state index contributed by atoms with van der Waals surface area (Å²) in [6.07, 6.45) is 0.633. The van der Waals surface area contributed by atoms with Crippen molar-refractivity contribution in [2.75, 3.05) is 6.54 Å². The van der Waals surface area contributed by atoms with Crippen LogP contribution < -0.4 is 21.7 Å². The second-order valence-electron chi connectivity index (χ2n) is 8.32. The second-order valence-corrected chi connectivity index (χ2v) is 8.32. The van der Waals surface area contributed by atoms with Gasteiger partial charge in [0.05, 0.1) is 6.04 Å². The first-order valence-electron chi connectivity index (χ1n) is 9.80. The van der Waals surface area contributed by atoms with E-state index in [1.165, 1.54) is 6.92 Å². The Morgan fingerprint density at radius 3 is 2.07 bits per heavy atom. The van der Waals surface area contributed by atoms with Crippen LogP contribution in [0.3, 0.4) is 0 Å². The Morgan fingerprint density at radius 1 is 1.00 bits per heavy atom. The van der Waals surface area contributed by atoms with Crippen LogP contribution in [0.2, 0.25) is 0 Å². The summed E-state index contributed by atoms with van der Waals surface area (Å²) in [7, 11) is 0. The molecule has 0 aliphatic heterocycles. The zero-order valence-electron chi connectivity index (χ0n) is 18.2. The summed E-state index contributed by atoms with van der Waals surface area (Å²) < 4.78 is 5.10. The number of carboxylic acid groups (broad SMARTS) is 1. The van der Waals surface area contributed by atoms with E-state index in [2.05, 4.69) is 16.0 Å². The number of alkyl carbamates (subject to hydrolysis) is 1. The zero-order valence-corrected chi connectivity index (χ0v) is 18.2. The van der Waals surface area contributed by atoms with Crippen LogP contribution in [-0.2, 0) is 19.1 Å². The molecule has 10 heteroatoms. The maximum absolute atomic E-state index is 12.2. The third kappa shape index (κ3) is 11.9. The number of unbranched alkanes of at least 4 members (excludes halogenated alkanes) is 1. The fraction of sp³-hybridized carbons (Fsp3) is 0.789. The molecule has 0 unspecified atom stereocenters. The molecule has 0 saturated heterocycles. The Bertz CT molecular complexity index is 574. The number of nitrogens with one attached hydrogen (secondary N) is 3. The number of hydrogen-bond acceptors (Lipinski definition) is 6. The number of rotatable bonds is 11. The van der Waals surface area contributed by atoms with Crippen molar-refractivity contribution in [2.45, 2.75) is 84.5 Å². The highest BCUT2D eigenvalue weighted by Crippen LogP contribution is 2.07. The molecule has 6 N–H and O–H groups in total. The van der Waals surface area contributed by atoms with Crippen LogP contribution in [0.15, 0.2) is 0 Å². The van der Waals surface area contributed by atoms with Gasteiger partial charge in [0, 0.05) is 6.54 Å². The van der Waals surface area contributed by atoms with Gasteiger partial charge in [-0.1, -0.05) is 13.8 Å². The fourth-order valence-electron chi connectivity index (χ4n) is 2.21. The highest BCUT2D eigenvalue weighted by atomic mass is 16.6. The van der Waals surface area contributed by atoms with E-state index >= 15 is 0 Å². The Hall–Kier alpha value is -2.36. The minimum Gasteiger partial charge on any atom is -0.480 e. The highest BCUT2D eigenvalue weighted by molar-refractivity contribution is 5.91. The third-order valence-electron chi connectivity index (χ3n) is 3.98. The number of amides is 3. The van der Waals surface area contributed by atoms with Gasteiger partial charge in [-0.3, -0.25) is 9.59 Å². The molecule has 0 fully saturated rings. The Morgan fingerprint density at radius 2 is 1.59 bits per heavy atom. The molecule has 0 aromatic heterocycles. The molecule has 0 aliphatic carbocycles. The normalized spacial score (nSPS) is 14.5. The minimum atomic E-state index is -1.17. The zero-order chi connectivity index (χ0) is 22.8. The van der Waals surface area contributed by atoms with E-state index in [4.69, 9.17) is 10.5 Å². The summed E-state index contributed by atoms with van der Waals surface area (Å²) in [6.45, 7) is 10.6. The van der Waals surface area contributed by atoms with Crippen LogP contribution in [0.25, 0.3) is 0 Å². The van der Waals surface area contributed by atoms with Crippen molar-refractivity contribution in [1.82, 2.24) is 16.0 Å². The molecule has 0 heterocycles. The molecule has 3 atom stereocenters. The van der Waals surface area contributed by atoms with E-state index in [0.717, 1.165) is 0 Å². The van der Waals surface area contributed by atoms with Crippen LogP contribution in [0, 0.1) is 5.92 Å². The highest BCUT2D eigenvalue weighted by Gasteiger charge is 2.26. The third-order valence-corrected chi connectivity index (χ3v) is 3.98. The molecule has 0 aromatic rings. The summed E-state index contributed by atoms with van der Waals surface area (Å²) in [5, 5.41) is 16.8. The number of ether oxygens (including phenoxy) is 1. The van der Waals surface area contributed by atoms with Crippen molar-refractivity contribution in [1.29, 1.82) is 0 Å². The molecular formula is C19H36N4O6. The molecular weight excluding hydrogens is 380 g/mol. The quantitative estimate of drug-likeness (QED) is 0.310. The minimum absolute atomic E-state index is 0.0914. The first-order valence-corrected chi connectivity index (χ1v) is 9.80. The van der Waals surface area contributed by atoms with E-state index in [-0.39, 0.29) is 12.3 Å². The number of hydrogen-bond donors (Lipinski definition) is 5. The predicted molar refractivity (Wildman–Crippen MR) is 108 cm³/mol. The van der Waals surface area contributed by atoms with Gasteiger partial charge in [0.15, 0.2) is 0 Å². The Kier molecular flexibility index (Phi) is 11.3. The number of nitrogens with two attached hydrogens (primary N) is 1. The summed E-state index contributed by atoms with van der Waals surface area (Å²) in [6, 6.07) is -2.76. The van der Waals surface area contributed by atoms with Crippen molar-refractivity contribution >= 4 is 23.9 Å². The maximum Gasteiger partial charge on any atom is 0.407 e. The average molecular weight is 417 g/mol. The number of carbonyl (C=O) groups is 4. The first kappa shape index (κ1) is 26.6. The van der Waals surface area contributed by atoms with Crippen molar-refractivity contribution in [3.05, 3.63) is 0 Å². The molecule has 0 bridgehead atoms. The van der Waals surface area contributed by atoms with E-state index in [1.807, 2.05) is 0 Å². The molecule has 0 spiro atoms. The van der Waals surface area contributed by atoms with Crippen LogP contribution in [0.4, 0.5) is 4.79 Å². The average Bonchev–Trinajstić information content (AvgIpc) is 2.57. The van der Waals surface area contributed by atoms with Gasteiger partial charge in [-0.25, -0.2) is 9.59 Å². The standard InChI is InChI=1S/C19H36N4O6/c1-11(2)14(20)16(25)22-12(3)15(24)23-13(17(26)27)9-7-8-10-21-18(28)29-19(4,5)6/h11-14H,7-10,20H2,1-6H3,(H,21,28)(H,22,25)(H,23,24)(H,26,27)/t12-,13-,14-/m0/s1. The maximum atomic E-state index is 12.2. The molecule has 0 saturated carbocycles. The predicted octanol–water partition coefficient (Wildman–Crippen LogP) is 0.739.